The van der Waals surface area contributed by atoms with E-state index in [1.165, 1.54) is 0 Å². The lowest BCUT2D eigenvalue weighted by atomic mass is 9.88. The average molecular weight is 224 g/mol. The minimum atomic E-state index is -0.899. The first kappa shape index (κ1) is 12.8. The highest BCUT2D eigenvalue weighted by atomic mass is 16.4. The maximum Gasteiger partial charge on any atom is 0.323 e. The Morgan fingerprint density at radius 3 is 2.50 bits per heavy atom. The van der Waals surface area contributed by atoms with Crippen molar-refractivity contribution in [1.29, 1.82) is 0 Å². The minimum absolute atomic E-state index is 0.115. The smallest absolute Gasteiger partial charge is 0.323 e. The molecule has 0 radical (unpaired) electrons. The third kappa shape index (κ3) is 2.85. The molecule has 1 aromatic heterocycles. The van der Waals surface area contributed by atoms with E-state index in [0.29, 0.717) is 6.54 Å². The van der Waals surface area contributed by atoms with Gasteiger partial charge in [0, 0.05) is 23.9 Å². The van der Waals surface area contributed by atoms with E-state index in [1.54, 1.807) is 13.8 Å². The summed E-state index contributed by atoms with van der Waals surface area (Å²) in [5, 5.41) is 12.1. The number of nitrogens with one attached hydrogen (secondary N) is 2. The Morgan fingerprint density at radius 1 is 1.44 bits per heavy atom. The molecule has 0 saturated carbocycles. The number of hydrogen-bond acceptors (Lipinski definition) is 2. The second-order valence-electron chi connectivity index (χ2n) is 5.25. The molecule has 1 heterocycles. The zero-order valence-electron chi connectivity index (χ0n) is 10.3. The predicted molar refractivity (Wildman–Crippen MR) is 63.5 cm³/mol. The molecule has 0 saturated heterocycles. The second kappa shape index (κ2) is 4.29. The first-order chi connectivity index (χ1) is 7.26. The average Bonchev–Trinajstić information content (AvgIpc) is 2.68. The molecule has 90 valence electrons. The van der Waals surface area contributed by atoms with E-state index in [9.17, 15) is 4.79 Å². The molecule has 0 aliphatic carbocycles. The Labute approximate surface area is 96.1 Å². The van der Waals surface area contributed by atoms with E-state index in [0.717, 1.165) is 5.69 Å². The van der Waals surface area contributed by atoms with Crippen molar-refractivity contribution in [2.45, 2.75) is 38.6 Å². The number of aromatic amines is 1. The summed E-state index contributed by atoms with van der Waals surface area (Å²) in [5.74, 6) is -0.838. The van der Waals surface area contributed by atoms with Crippen molar-refractivity contribution in [2.24, 2.45) is 0 Å². The van der Waals surface area contributed by atoms with E-state index in [4.69, 9.17) is 5.11 Å². The van der Waals surface area contributed by atoms with Crippen LogP contribution in [0.25, 0.3) is 0 Å². The molecule has 0 amide bonds. The summed E-state index contributed by atoms with van der Waals surface area (Å²) < 4.78 is 0. The molecule has 16 heavy (non-hydrogen) atoms. The van der Waals surface area contributed by atoms with Gasteiger partial charge in [-0.1, -0.05) is 13.8 Å². The highest BCUT2D eigenvalue weighted by Crippen LogP contribution is 2.21. The van der Waals surface area contributed by atoms with Gasteiger partial charge >= 0.3 is 5.97 Å². The van der Waals surface area contributed by atoms with Gasteiger partial charge in [0.25, 0.3) is 0 Å². The summed E-state index contributed by atoms with van der Waals surface area (Å²) in [4.78, 5) is 14.1. The molecule has 0 aromatic carbocycles. The summed E-state index contributed by atoms with van der Waals surface area (Å²) in [6.07, 6.45) is 1.87. The second-order valence-corrected chi connectivity index (χ2v) is 5.25. The fraction of sp³-hybridized carbons (Fsp3) is 0.583. The summed E-state index contributed by atoms with van der Waals surface area (Å²) in [5.41, 5.74) is 0.0845. The van der Waals surface area contributed by atoms with E-state index in [-0.39, 0.29) is 5.41 Å². The molecule has 0 fully saturated rings. The molecule has 4 nitrogen and oxygen atoms in total. The number of carboxylic acid groups (broad SMARTS) is 1. The van der Waals surface area contributed by atoms with E-state index >= 15 is 0 Å². The number of aromatic nitrogens is 1. The van der Waals surface area contributed by atoms with Crippen LogP contribution in [0.2, 0.25) is 0 Å². The number of rotatable bonds is 5. The molecular formula is C12H20N2O2. The van der Waals surface area contributed by atoms with Gasteiger partial charge < -0.3 is 15.4 Å². The zero-order chi connectivity index (χ0) is 12.4. The van der Waals surface area contributed by atoms with Crippen LogP contribution in [0.1, 0.15) is 33.4 Å². The zero-order valence-corrected chi connectivity index (χ0v) is 10.3. The Bertz CT molecular complexity index is 353. The molecule has 1 aromatic rings. The molecule has 3 N–H and O–H groups in total. The number of hydrogen-bond donors (Lipinski definition) is 3. The highest BCUT2D eigenvalue weighted by Gasteiger charge is 2.30. The summed E-state index contributed by atoms with van der Waals surface area (Å²) in [6.45, 7) is 8.08. The lowest BCUT2D eigenvalue weighted by molar-refractivity contribution is -0.143. The number of carboxylic acids is 1. The van der Waals surface area contributed by atoms with E-state index in [1.807, 2.05) is 18.3 Å². The van der Waals surface area contributed by atoms with Crippen LogP contribution in [0.15, 0.2) is 18.3 Å². The SMILES string of the molecule is CC(C)(NCC(C)(C)c1ccc[nH]1)C(=O)O. The van der Waals surface area contributed by atoms with Gasteiger partial charge in [0.05, 0.1) is 0 Å². The minimum Gasteiger partial charge on any atom is -0.480 e. The standard InChI is InChI=1S/C12H20N2O2/c1-11(2,9-6-5-7-13-9)8-14-12(3,4)10(15)16/h5-7,13-14H,8H2,1-4H3,(H,15,16). The monoisotopic (exact) mass is 224 g/mol. The fourth-order valence-corrected chi connectivity index (χ4v) is 1.36. The molecular weight excluding hydrogens is 204 g/mol. The molecule has 0 atom stereocenters. The van der Waals surface area contributed by atoms with E-state index in [2.05, 4.69) is 24.1 Å². The largest absolute Gasteiger partial charge is 0.480 e. The highest BCUT2D eigenvalue weighted by molar-refractivity contribution is 5.77. The normalized spacial score (nSPS) is 12.8. The van der Waals surface area contributed by atoms with Crippen LogP contribution in [0, 0.1) is 0 Å². The summed E-state index contributed by atoms with van der Waals surface area (Å²) in [6, 6.07) is 3.95. The van der Waals surface area contributed by atoms with Crippen molar-refractivity contribution >= 4 is 5.97 Å². The lowest BCUT2D eigenvalue weighted by Gasteiger charge is -2.29. The number of carbonyl (C=O) groups is 1. The molecule has 0 aliphatic heterocycles. The Hall–Kier alpha value is -1.29. The number of H-pyrrole nitrogens is 1. The molecule has 1 rings (SSSR count). The van der Waals surface area contributed by atoms with Crippen LogP contribution >= 0.6 is 0 Å². The Balaban J connectivity index is 2.65. The van der Waals surface area contributed by atoms with Crippen LogP contribution < -0.4 is 5.32 Å². The molecule has 0 bridgehead atoms. The quantitative estimate of drug-likeness (QED) is 0.714. The lowest BCUT2D eigenvalue weighted by Crippen LogP contribution is -2.50. The van der Waals surface area contributed by atoms with Crippen molar-refractivity contribution in [1.82, 2.24) is 10.3 Å². The van der Waals surface area contributed by atoms with Crippen molar-refractivity contribution < 1.29 is 9.90 Å². The van der Waals surface area contributed by atoms with Gasteiger partial charge in [0.2, 0.25) is 0 Å². The summed E-state index contributed by atoms with van der Waals surface area (Å²) >= 11 is 0. The Morgan fingerprint density at radius 2 is 2.06 bits per heavy atom. The summed E-state index contributed by atoms with van der Waals surface area (Å²) in [7, 11) is 0. The van der Waals surface area contributed by atoms with Gasteiger partial charge in [-0.05, 0) is 26.0 Å². The van der Waals surface area contributed by atoms with Gasteiger partial charge in [-0.2, -0.15) is 0 Å². The first-order valence-corrected chi connectivity index (χ1v) is 5.38. The predicted octanol–water partition coefficient (Wildman–Crippen LogP) is 1.75. The maximum atomic E-state index is 11.0. The fourth-order valence-electron chi connectivity index (χ4n) is 1.36. The van der Waals surface area contributed by atoms with Gasteiger partial charge in [-0.3, -0.25) is 4.79 Å². The Kier molecular flexibility index (Phi) is 3.43. The van der Waals surface area contributed by atoms with Gasteiger partial charge in [0.1, 0.15) is 5.54 Å². The van der Waals surface area contributed by atoms with Crippen LogP contribution in [-0.4, -0.2) is 28.1 Å². The van der Waals surface area contributed by atoms with Crippen LogP contribution in [0.5, 0.6) is 0 Å². The number of aliphatic carboxylic acids is 1. The van der Waals surface area contributed by atoms with Crippen LogP contribution in [-0.2, 0) is 10.2 Å². The van der Waals surface area contributed by atoms with Crippen molar-refractivity contribution in [2.75, 3.05) is 6.54 Å². The molecule has 0 aliphatic rings. The molecule has 0 unspecified atom stereocenters. The van der Waals surface area contributed by atoms with Gasteiger partial charge in [0.15, 0.2) is 0 Å². The van der Waals surface area contributed by atoms with Crippen LogP contribution in [0.4, 0.5) is 0 Å². The van der Waals surface area contributed by atoms with Crippen molar-refractivity contribution in [3.8, 4) is 0 Å². The maximum absolute atomic E-state index is 11.0. The first-order valence-electron chi connectivity index (χ1n) is 5.38. The third-order valence-electron chi connectivity index (χ3n) is 2.83. The third-order valence-corrected chi connectivity index (χ3v) is 2.83. The van der Waals surface area contributed by atoms with Crippen LogP contribution in [0.3, 0.4) is 0 Å². The van der Waals surface area contributed by atoms with E-state index < -0.39 is 11.5 Å². The van der Waals surface area contributed by atoms with Gasteiger partial charge in [-0.15, -0.1) is 0 Å². The topological polar surface area (TPSA) is 65.1 Å². The van der Waals surface area contributed by atoms with Crippen molar-refractivity contribution in [3.63, 3.8) is 0 Å². The van der Waals surface area contributed by atoms with Crippen molar-refractivity contribution in [3.05, 3.63) is 24.0 Å². The van der Waals surface area contributed by atoms with Gasteiger partial charge in [-0.25, -0.2) is 0 Å². The molecule has 0 spiro atoms. The molecule has 4 heteroatoms.